The highest BCUT2D eigenvalue weighted by atomic mass is 16.3. The van der Waals surface area contributed by atoms with E-state index < -0.39 is 0 Å². The second kappa shape index (κ2) is 8.39. The zero-order chi connectivity index (χ0) is 19.3. The normalized spacial score (nSPS) is 16.1. The number of aromatic nitrogens is 2. The third kappa shape index (κ3) is 3.99. The van der Waals surface area contributed by atoms with Gasteiger partial charge in [-0.3, -0.25) is 14.2 Å². The molecule has 0 spiro atoms. The first-order valence-electron chi connectivity index (χ1n) is 9.81. The standard InChI is InChI=1S/C21H24N4O3/c26-20(14-25-15-23-17-8-3-2-7-16(17)21(25)27)22-13-18(19-9-6-12-28-19)24-10-4-1-5-11-24/h2-3,6-9,12,15,18H,1,4-5,10-11,13-14H2,(H,22,26)/p+1/t18-/m0/s1. The van der Waals surface area contributed by atoms with Crippen molar-refractivity contribution >= 4 is 16.8 Å². The molecule has 3 aromatic rings. The maximum atomic E-state index is 12.6. The quantitative estimate of drug-likeness (QED) is 0.665. The van der Waals surface area contributed by atoms with Crippen LogP contribution in [0.4, 0.5) is 0 Å². The van der Waals surface area contributed by atoms with Gasteiger partial charge in [0.1, 0.15) is 6.54 Å². The minimum atomic E-state index is -0.204. The molecule has 0 saturated carbocycles. The number of fused-ring (bicyclic) bond motifs is 1. The van der Waals surface area contributed by atoms with Crippen molar-refractivity contribution < 1.29 is 14.1 Å². The van der Waals surface area contributed by atoms with Crippen LogP contribution >= 0.6 is 0 Å². The molecule has 1 aliphatic rings. The Morgan fingerprint density at radius 2 is 2.00 bits per heavy atom. The molecule has 1 atom stereocenters. The first-order valence-corrected chi connectivity index (χ1v) is 9.81. The van der Waals surface area contributed by atoms with Gasteiger partial charge in [0.15, 0.2) is 11.8 Å². The third-order valence-electron chi connectivity index (χ3n) is 5.42. The zero-order valence-electron chi connectivity index (χ0n) is 15.8. The van der Waals surface area contributed by atoms with E-state index in [1.165, 1.54) is 35.1 Å². The van der Waals surface area contributed by atoms with Gasteiger partial charge in [0.2, 0.25) is 5.91 Å². The maximum Gasteiger partial charge on any atom is 0.261 e. The Morgan fingerprint density at radius 1 is 1.18 bits per heavy atom. The average molecular weight is 381 g/mol. The minimum absolute atomic E-state index is 0.0448. The Hall–Kier alpha value is -2.93. The van der Waals surface area contributed by atoms with Gasteiger partial charge >= 0.3 is 0 Å². The SMILES string of the molecule is O=C(Cn1cnc2ccccc2c1=O)NC[C@@H](c1ccco1)[NH+]1CCCCC1. The lowest BCUT2D eigenvalue weighted by atomic mass is 10.1. The van der Waals surface area contributed by atoms with Crippen molar-refractivity contribution in [3.8, 4) is 0 Å². The second-order valence-corrected chi connectivity index (χ2v) is 7.29. The molecule has 0 unspecified atom stereocenters. The number of hydrogen-bond donors (Lipinski definition) is 2. The lowest BCUT2D eigenvalue weighted by Crippen LogP contribution is -3.13. The van der Waals surface area contributed by atoms with Crippen LogP contribution < -0.4 is 15.8 Å². The Morgan fingerprint density at radius 3 is 2.79 bits per heavy atom. The van der Waals surface area contributed by atoms with Crippen LogP contribution in [0.3, 0.4) is 0 Å². The third-order valence-corrected chi connectivity index (χ3v) is 5.42. The number of furan rings is 1. The fourth-order valence-electron chi connectivity index (χ4n) is 3.94. The minimum Gasteiger partial charge on any atom is -0.463 e. The Labute approximate surface area is 163 Å². The molecular formula is C21H25N4O3+. The zero-order valence-corrected chi connectivity index (χ0v) is 15.8. The molecule has 146 valence electrons. The Bertz CT molecular complexity index is 990. The van der Waals surface area contributed by atoms with E-state index in [0.29, 0.717) is 17.4 Å². The summed E-state index contributed by atoms with van der Waals surface area (Å²) in [5.74, 6) is 0.689. The lowest BCUT2D eigenvalue weighted by molar-refractivity contribution is -0.936. The molecule has 2 aromatic heterocycles. The number of carbonyl (C=O) groups is 1. The number of piperidine rings is 1. The van der Waals surface area contributed by atoms with E-state index in [1.54, 1.807) is 24.5 Å². The molecule has 0 radical (unpaired) electrons. The molecule has 2 N–H and O–H groups in total. The summed E-state index contributed by atoms with van der Waals surface area (Å²) in [6.45, 7) is 2.60. The Kier molecular flexibility index (Phi) is 5.53. The van der Waals surface area contributed by atoms with E-state index >= 15 is 0 Å². The van der Waals surface area contributed by atoms with Crippen LogP contribution in [0.5, 0.6) is 0 Å². The van der Waals surface area contributed by atoms with Crippen LogP contribution in [0.15, 0.2) is 58.2 Å². The summed E-state index contributed by atoms with van der Waals surface area (Å²) in [7, 11) is 0. The van der Waals surface area contributed by atoms with E-state index in [2.05, 4.69) is 10.3 Å². The number of likely N-dealkylation sites (tertiary alicyclic amines) is 1. The summed E-state index contributed by atoms with van der Waals surface area (Å²) in [5, 5.41) is 3.50. The molecule has 0 aliphatic carbocycles. The number of benzene rings is 1. The molecule has 0 bridgehead atoms. The number of hydrogen-bond acceptors (Lipinski definition) is 4. The number of nitrogens with zero attached hydrogens (tertiary/aromatic N) is 2. The summed E-state index contributed by atoms with van der Waals surface area (Å²) >= 11 is 0. The van der Waals surface area contributed by atoms with E-state index in [0.717, 1.165) is 18.8 Å². The molecule has 28 heavy (non-hydrogen) atoms. The van der Waals surface area contributed by atoms with Crippen LogP contribution in [-0.4, -0.2) is 35.1 Å². The number of nitrogens with one attached hydrogen (secondary N) is 2. The lowest BCUT2D eigenvalue weighted by Gasteiger charge is -2.30. The van der Waals surface area contributed by atoms with Crippen molar-refractivity contribution in [3.63, 3.8) is 0 Å². The molecule has 1 aliphatic heterocycles. The number of carbonyl (C=O) groups excluding carboxylic acids is 1. The molecule has 1 saturated heterocycles. The molecule has 7 heteroatoms. The van der Waals surface area contributed by atoms with Crippen molar-refractivity contribution in [3.05, 3.63) is 65.1 Å². The highest BCUT2D eigenvalue weighted by molar-refractivity contribution is 5.78. The van der Waals surface area contributed by atoms with E-state index in [-0.39, 0.29) is 24.1 Å². The van der Waals surface area contributed by atoms with Gasteiger partial charge in [-0.25, -0.2) is 4.98 Å². The van der Waals surface area contributed by atoms with E-state index in [1.807, 2.05) is 18.2 Å². The summed E-state index contributed by atoms with van der Waals surface area (Å²) in [4.78, 5) is 30.8. The smallest absolute Gasteiger partial charge is 0.261 e. The van der Waals surface area contributed by atoms with Crippen molar-refractivity contribution in [1.82, 2.24) is 14.9 Å². The van der Waals surface area contributed by atoms with Crippen LogP contribution in [0.25, 0.3) is 10.9 Å². The average Bonchev–Trinajstić information content (AvgIpc) is 3.26. The molecule has 1 amide bonds. The predicted octanol–water partition coefficient (Wildman–Crippen LogP) is 0.916. The Balaban J connectivity index is 1.44. The first-order chi connectivity index (χ1) is 13.7. The first kappa shape index (κ1) is 18.4. The summed E-state index contributed by atoms with van der Waals surface area (Å²) in [6, 6.07) is 11.1. The van der Waals surface area contributed by atoms with Crippen molar-refractivity contribution in [1.29, 1.82) is 0 Å². The topological polar surface area (TPSA) is 81.6 Å². The summed E-state index contributed by atoms with van der Waals surface area (Å²) in [6.07, 6.45) is 6.76. The van der Waals surface area contributed by atoms with Gasteiger partial charge in [-0.1, -0.05) is 12.1 Å². The summed E-state index contributed by atoms with van der Waals surface area (Å²) in [5.41, 5.74) is 0.431. The van der Waals surface area contributed by atoms with Crippen molar-refractivity contribution in [2.75, 3.05) is 19.6 Å². The van der Waals surface area contributed by atoms with Gasteiger partial charge in [0.05, 0.1) is 43.1 Å². The van der Waals surface area contributed by atoms with Crippen LogP contribution in [-0.2, 0) is 11.3 Å². The van der Waals surface area contributed by atoms with Crippen LogP contribution in [0, 0.1) is 0 Å². The maximum absolute atomic E-state index is 12.6. The van der Waals surface area contributed by atoms with Gasteiger partial charge in [0.25, 0.3) is 5.56 Å². The monoisotopic (exact) mass is 381 g/mol. The fourth-order valence-corrected chi connectivity index (χ4v) is 3.94. The van der Waals surface area contributed by atoms with Crippen LogP contribution in [0.1, 0.15) is 31.1 Å². The van der Waals surface area contributed by atoms with E-state index in [4.69, 9.17) is 4.42 Å². The van der Waals surface area contributed by atoms with Crippen LogP contribution in [0.2, 0.25) is 0 Å². The van der Waals surface area contributed by atoms with Crippen molar-refractivity contribution in [2.45, 2.75) is 31.8 Å². The number of rotatable bonds is 6. The van der Waals surface area contributed by atoms with Crippen molar-refractivity contribution in [2.24, 2.45) is 0 Å². The van der Waals surface area contributed by atoms with Gasteiger partial charge in [-0.15, -0.1) is 0 Å². The fraction of sp³-hybridized carbons (Fsp3) is 0.381. The molecular weight excluding hydrogens is 356 g/mol. The predicted molar refractivity (Wildman–Crippen MR) is 105 cm³/mol. The molecule has 3 heterocycles. The van der Waals surface area contributed by atoms with Gasteiger partial charge in [-0.05, 0) is 43.5 Å². The van der Waals surface area contributed by atoms with Gasteiger partial charge in [0, 0.05) is 0 Å². The number of quaternary nitrogens is 1. The molecule has 7 nitrogen and oxygen atoms in total. The highest BCUT2D eigenvalue weighted by Crippen LogP contribution is 2.11. The highest BCUT2D eigenvalue weighted by Gasteiger charge is 2.28. The van der Waals surface area contributed by atoms with E-state index in [9.17, 15) is 9.59 Å². The number of para-hydroxylation sites is 1. The van der Waals surface area contributed by atoms with Gasteiger partial charge in [-0.2, -0.15) is 0 Å². The largest absolute Gasteiger partial charge is 0.463 e. The molecule has 4 rings (SSSR count). The van der Waals surface area contributed by atoms with Gasteiger partial charge < -0.3 is 14.6 Å². The number of amides is 1. The summed E-state index contributed by atoms with van der Waals surface area (Å²) < 4.78 is 6.98. The molecule has 1 aromatic carbocycles. The second-order valence-electron chi connectivity index (χ2n) is 7.29. The molecule has 1 fully saturated rings.